The van der Waals surface area contributed by atoms with E-state index in [2.05, 4.69) is 15.2 Å². The lowest BCUT2D eigenvalue weighted by Gasteiger charge is -2.21. The lowest BCUT2D eigenvalue weighted by atomic mass is 10.1. The molecule has 4 nitrogen and oxygen atoms in total. The zero-order valence-electron chi connectivity index (χ0n) is 13.7. The average molecular weight is 327 g/mol. The van der Waals surface area contributed by atoms with E-state index in [1.807, 2.05) is 12.1 Å². The van der Waals surface area contributed by atoms with Crippen LogP contribution in [0, 0.1) is 5.82 Å². The second-order valence-electron chi connectivity index (χ2n) is 6.16. The summed E-state index contributed by atoms with van der Waals surface area (Å²) in [6.45, 7) is 2.08. The van der Waals surface area contributed by atoms with Crippen molar-refractivity contribution in [2.75, 3.05) is 23.3 Å². The van der Waals surface area contributed by atoms with E-state index in [-0.39, 0.29) is 18.1 Å². The molecule has 24 heavy (non-hydrogen) atoms. The summed E-state index contributed by atoms with van der Waals surface area (Å²) >= 11 is 0. The quantitative estimate of drug-likeness (QED) is 0.929. The highest BCUT2D eigenvalue weighted by Gasteiger charge is 2.11. The number of nitrogens with zero attached hydrogens (tertiary/aromatic N) is 2. The van der Waals surface area contributed by atoms with Gasteiger partial charge in [-0.25, -0.2) is 9.37 Å². The summed E-state index contributed by atoms with van der Waals surface area (Å²) < 4.78 is 13.1. The zero-order valence-corrected chi connectivity index (χ0v) is 13.7. The van der Waals surface area contributed by atoms with E-state index in [4.69, 9.17) is 0 Å². The monoisotopic (exact) mass is 327 g/mol. The number of halogens is 1. The third-order valence-corrected chi connectivity index (χ3v) is 4.22. The smallest absolute Gasteiger partial charge is 0.228 e. The maximum absolute atomic E-state index is 13.1. The lowest BCUT2D eigenvalue weighted by Crippen LogP contribution is -2.24. The fraction of sp³-hybridized carbons (Fsp3) is 0.368. The molecule has 0 atom stereocenters. The van der Waals surface area contributed by atoms with E-state index in [0.29, 0.717) is 11.3 Å². The van der Waals surface area contributed by atoms with Crippen molar-refractivity contribution in [3.63, 3.8) is 0 Å². The molecule has 2 heterocycles. The summed E-state index contributed by atoms with van der Waals surface area (Å²) in [5, 5.41) is 2.81. The second kappa shape index (κ2) is 7.90. The molecule has 1 saturated heterocycles. The molecule has 1 aliphatic heterocycles. The number of amides is 1. The van der Waals surface area contributed by atoms with Crippen molar-refractivity contribution in [3.05, 3.63) is 54.0 Å². The van der Waals surface area contributed by atoms with Gasteiger partial charge in [-0.15, -0.1) is 0 Å². The van der Waals surface area contributed by atoms with Crippen molar-refractivity contribution >= 4 is 17.4 Å². The van der Waals surface area contributed by atoms with Gasteiger partial charge in [-0.05, 0) is 42.7 Å². The number of hydrogen-bond donors (Lipinski definition) is 1. The van der Waals surface area contributed by atoms with Crippen LogP contribution < -0.4 is 10.2 Å². The highest BCUT2D eigenvalue weighted by atomic mass is 19.1. The first-order valence-electron chi connectivity index (χ1n) is 8.46. The van der Waals surface area contributed by atoms with Crippen LogP contribution in [-0.2, 0) is 11.2 Å². The maximum Gasteiger partial charge on any atom is 0.228 e. The minimum absolute atomic E-state index is 0.144. The number of pyridine rings is 1. The predicted octanol–water partition coefficient (Wildman–Crippen LogP) is 3.78. The van der Waals surface area contributed by atoms with Crippen LogP contribution in [0.25, 0.3) is 0 Å². The molecule has 1 N–H and O–H groups in total. The molecule has 0 spiro atoms. The number of rotatable bonds is 4. The summed E-state index contributed by atoms with van der Waals surface area (Å²) in [5.74, 6) is 0.453. The summed E-state index contributed by atoms with van der Waals surface area (Å²) in [7, 11) is 0. The number of carbonyl (C=O) groups excluding carboxylic acids is 1. The molecule has 1 amide bonds. The van der Waals surface area contributed by atoms with Gasteiger partial charge in [0.1, 0.15) is 11.6 Å². The van der Waals surface area contributed by atoms with Crippen molar-refractivity contribution in [1.29, 1.82) is 0 Å². The Bertz CT molecular complexity index is 679. The van der Waals surface area contributed by atoms with Gasteiger partial charge >= 0.3 is 0 Å². The van der Waals surface area contributed by atoms with Gasteiger partial charge < -0.3 is 10.2 Å². The Morgan fingerprint density at radius 2 is 1.92 bits per heavy atom. The molecule has 5 heteroatoms. The molecule has 0 bridgehead atoms. The van der Waals surface area contributed by atoms with Crippen molar-refractivity contribution in [3.8, 4) is 0 Å². The fourth-order valence-corrected chi connectivity index (χ4v) is 2.98. The SMILES string of the molecule is O=C(Cc1cccc(F)c1)Nc1ccc(N2CCCCCC2)nc1. The number of nitrogens with one attached hydrogen (secondary N) is 1. The number of aromatic nitrogens is 1. The topological polar surface area (TPSA) is 45.2 Å². The van der Waals surface area contributed by atoms with Crippen LogP contribution in [-0.4, -0.2) is 24.0 Å². The molecular weight excluding hydrogens is 305 g/mol. The van der Waals surface area contributed by atoms with Crippen molar-refractivity contribution in [1.82, 2.24) is 4.98 Å². The molecular formula is C19H22FN3O. The highest BCUT2D eigenvalue weighted by molar-refractivity contribution is 5.92. The molecule has 1 fully saturated rings. The van der Waals surface area contributed by atoms with E-state index in [0.717, 1.165) is 18.9 Å². The molecule has 3 rings (SSSR count). The Hall–Kier alpha value is -2.43. The fourth-order valence-electron chi connectivity index (χ4n) is 2.98. The minimum atomic E-state index is -0.330. The summed E-state index contributed by atoms with van der Waals surface area (Å²) in [5.41, 5.74) is 1.32. The Morgan fingerprint density at radius 3 is 2.58 bits per heavy atom. The Morgan fingerprint density at radius 1 is 1.12 bits per heavy atom. The molecule has 0 radical (unpaired) electrons. The number of carbonyl (C=O) groups is 1. The summed E-state index contributed by atoms with van der Waals surface area (Å²) in [6, 6.07) is 9.91. The third kappa shape index (κ3) is 4.54. The number of benzene rings is 1. The summed E-state index contributed by atoms with van der Waals surface area (Å²) in [6.07, 6.45) is 6.80. The first-order valence-corrected chi connectivity index (χ1v) is 8.46. The normalized spacial score (nSPS) is 15.0. The van der Waals surface area contributed by atoms with Crippen LogP contribution in [0.1, 0.15) is 31.2 Å². The number of anilines is 2. The molecule has 2 aromatic rings. The van der Waals surface area contributed by atoms with Crippen LogP contribution in [0.15, 0.2) is 42.6 Å². The van der Waals surface area contributed by atoms with Crippen LogP contribution in [0.2, 0.25) is 0 Å². The van der Waals surface area contributed by atoms with Gasteiger partial charge in [0.25, 0.3) is 0 Å². The Balaban J connectivity index is 1.58. The molecule has 0 saturated carbocycles. The lowest BCUT2D eigenvalue weighted by molar-refractivity contribution is -0.115. The van der Waals surface area contributed by atoms with Crippen LogP contribution >= 0.6 is 0 Å². The highest BCUT2D eigenvalue weighted by Crippen LogP contribution is 2.19. The van der Waals surface area contributed by atoms with Crippen LogP contribution in [0.5, 0.6) is 0 Å². The molecule has 1 aromatic carbocycles. The van der Waals surface area contributed by atoms with Gasteiger partial charge in [-0.1, -0.05) is 25.0 Å². The van der Waals surface area contributed by atoms with Gasteiger partial charge in [0.15, 0.2) is 0 Å². The Labute approximate surface area is 141 Å². The number of hydrogen-bond acceptors (Lipinski definition) is 3. The standard InChI is InChI=1S/C19H22FN3O/c20-16-7-5-6-15(12-16)13-19(24)22-17-8-9-18(21-14-17)23-10-3-1-2-4-11-23/h5-9,12,14H,1-4,10-11,13H2,(H,22,24). The van der Waals surface area contributed by atoms with Crippen LogP contribution in [0.4, 0.5) is 15.9 Å². The first kappa shape index (κ1) is 16.4. The maximum atomic E-state index is 13.1. The van der Waals surface area contributed by atoms with Gasteiger partial charge in [0, 0.05) is 13.1 Å². The zero-order chi connectivity index (χ0) is 16.8. The van der Waals surface area contributed by atoms with Gasteiger partial charge in [-0.2, -0.15) is 0 Å². The van der Waals surface area contributed by atoms with E-state index in [9.17, 15) is 9.18 Å². The van der Waals surface area contributed by atoms with Crippen LogP contribution in [0.3, 0.4) is 0 Å². The molecule has 0 unspecified atom stereocenters. The van der Waals surface area contributed by atoms with Gasteiger partial charge in [0.05, 0.1) is 18.3 Å². The van der Waals surface area contributed by atoms with E-state index in [1.165, 1.54) is 37.8 Å². The van der Waals surface area contributed by atoms with Gasteiger partial charge in [-0.3, -0.25) is 4.79 Å². The van der Waals surface area contributed by atoms with E-state index in [1.54, 1.807) is 18.3 Å². The molecule has 1 aliphatic rings. The molecule has 126 valence electrons. The molecule has 1 aromatic heterocycles. The molecule has 0 aliphatic carbocycles. The van der Waals surface area contributed by atoms with E-state index < -0.39 is 0 Å². The predicted molar refractivity (Wildman–Crippen MR) is 93.7 cm³/mol. The van der Waals surface area contributed by atoms with Crippen molar-refractivity contribution in [2.45, 2.75) is 32.1 Å². The second-order valence-corrected chi connectivity index (χ2v) is 6.16. The average Bonchev–Trinajstić information content (AvgIpc) is 2.85. The van der Waals surface area contributed by atoms with E-state index >= 15 is 0 Å². The first-order chi connectivity index (χ1) is 11.7. The third-order valence-electron chi connectivity index (χ3n) is 4.22. The summed E-state index contributed by atoms with van der Waals surface area (Å²) in [4.78, 5) is 18.8. The largest absolute Gasteiger partial charge is 0.357 e. The minimum Gasteiger partial charge on any atom is -0.357 e. The van der Waals surface area contributed by atoms with Gasteiger partial charge in [0.2, 0.25) is 5.91 Å². The van der Waals surface area contributed by atoms with Crippen molar-refractivity contribution < 1.29 is 9.18 Å². The van der Waals surface area contributed by atoms with Crippen molar-refractivity contribution in [2.24, 2.45) is 0 Å². The Kier molecular flexibility index (Phi) is 5.41.